The number of hydrogen-bond donors (Lipinski definition) is 1. The molecule has 1 saturated heterocycles. The zero-order valence-corrected chi connectivity index (χ0v) is 16.0. The third kappa shape index (κ3) is 8.48. The van der Waals surface area contributed by atoms with Crippen LogP contribution in [0, 0.1) is 17.3 Å². The van der Waals surface area contributed by atoms with Gasteiger partial charge in [0.2, 0.25) is 0 Å². The average Bonchev–Trinajstić information content (AvgIpc) is 3.01. The molecular weight excluding hydrogens is 316 g/mol. The van der Waals surface area contributed by atoms with Crippen LogP contribution in [0.3, 0.4) is 0 Å². The number of hydrogen-bond acceptors (Lipinski definition) is 3. The highest BCUT2D eigenvalue weighted by atomic mass is 16.5. The average molecular weight is 350 g/mol. The molecule has 25 heavy (non-hydrogen) atoms. The van der Waals surface area contributed by atoms with E-state index in [1.165, 1.54) is 0 Å². The minimum atomic E-state index is -0.741. The number of allylic oxidation sites excluding steroid dienone is 3. The van der Waals surface area contributed by atoms with Crippen LogP contribution >= 0.6 is 0 Å². The van der Waals surface area contributed by atoms with Gasteiger partial charge in [-0.1, -0.05) is 51.8 Å². The second-order valence-electron chi connectivity index (χ2n) is 7.67. The maximum Gasteiger partial charge on any atom is 0.303 e. The second-order valence-corrected chi connectivity index (χ2v) is 7.67. The van der Waals surface area contributed by atoms with Crippen LogP contribution in [0.1, 0.15) is 65.7 Å². The molecular formula is C21H34O4. The summed E-state index contributed by atoms with van der Waals surface area (Å²) in [6.45, 7) is 7.60. The van der Waals surface area contributed by atoms with Crippen molar-refractivity contribution in [3.8, 4) is 0 Å². The number of aliphatic carboxylic acids is 1. The van der Waals surface area contributed by atoms with Gasteiger partial charge in [-0.15, -0.1) is 0 Å². The van der Waals surface area contributed by atoms with Crippen LogP contribution in [-0.4, -0.2) is 30.1 Å². The Balaban J connectivity index is 2.42. The molecule has 1 fully saturated rings. The smallest absolute Gasteiger partial charge is 0.303 e. The minimum absolute atomic E-state index is 0.204. The summed E-state index contributed by atoms with van der Waals surface area (Å²) in [7, 11) is 0. The van der Waals surface area contributed by atoms with Crippen molar-refractivity contribution in [3.63, 3.8) is 0 Å². The molecule has 0 saturated carbocycles. The van der Waals surface area contributed by atoms with Crippen molar-refractivity contribution in [1.82, 2.24) is 0 Å². The van der Waals surface area contributed by atoms with E-state index in [4.69, 9.17) is 9.84 Å². The first-order valence-corrected chi connectivity index (χ1v) is 9.54. The summed E-state index contributed by atoms with van der Waals surface area (Å²) >= 11 is 0. The lowest BCUT2D eigenvalue weighted by molar-refractivity contribution is -0.137. The Morgan fingerprint density at radius 1 is 1.20 bits per heavy atom. The molecule has 0 radical (unpaired) electrons. The Morgan fingerprint density at radius 2 is 1.96 bits per heavy atom. The minimum Gasteiger partial charge on any atom is -0.481 e. The van der Waals surface area contributed by atoms with Gasteiger partial charge < -0.3 is 9.84 Å². The fraction of sp³-hybridized carbons (Fsp3) is 0.714. The number of carboxylic acids is 1. The van der Waals surface area contributed by atoms with Crippen LogP contribution in [0.2, 0.25) is 0 Å². The van der Waals surface area contributed by atoms with Crippen LogP contribution in [0.15, 0.2) is 24.3 Å². The predicted octanol–water partition coefficient (Wildman–Crippen LogP) is 4.79. The number of rotatable bonds is 12. The Labute approximate surface area is 152 Å². The molecule has 0 aliphatic carbocycles. The summed E-state index contributed by atoms with van der Waals surface area (Å²) < 4.78 is 5.59. The molecule has 0 bridgehead atoms. The van der Waals surface area contributed by atoms with E-state index in [1.54, 1.807) is 6.08 Å². The molecule has 0 aromatic rings. The van der Waals surface area contributed by atoms with Gasteiger partial charge >= 0.3 is 5.97 Å². The molecule has 1 heterocycles. The van der Waals surface area contributed by atoms with Gasteiger partial charge in [-0.2, -0.15) is 0 Å². The van der Waals surface area contributed by atoms with Crippen molar-refractivity contribution >= 4 is 11.8 Å². The van der Waals surface area contributed by atoms with Gasteiger partial charge in [-0.25, -0.2) is 0 Å². The van der Waals surface area contributed by atoms with E-state index in [-0.39, 0.29) is 23.5 Å². The zero-order valence-electron chi connectivity index (χ0n) is 16.0. The fourth-order valence-electron chi connectivity index (χ4n) is 3.01. The van der Waals surface area contributed by atoms with Gasteiger partial charge in [0.1, 0.15) is 0 Å². The Morgan fingerprint density at radius 3 is 2.64 bits per heavy atom. The van der Waals surface area contributed by atoms with Crippen molar-refractivity contribution in [2.75, 3.05) is 13.2 Å². The van der Waals surface area contributed by atoms with E-state index in [9.17, 15) is 9.59 Å². The molecule has 2 atom stereocenters. The molecule has 0 unspecified atom stereocenters. The van der Waals surface area contributed by atoms with Gasteiger partial charge in [-0.05, 0) is 37.7 Å². The van der Waals surface area contributed by atoms with Gasteiger partial charge in [0.15, 0.2) is 5.78 Å². The Bertz CT molecular complexity index is 476. The molecule has 1 rings (SSSR count). The summed E-state index contributed by atoms with van der Waals surface area (Å²) in [6.07, 6.45) is 13.7. The third-order valence-electron chi connectivity index (χ3n) is 4.93. The normalized spacial score (nSPS) is 21.4. The first-order chi connectivity index (χ1) is 11.9. The summed E-state index contributed by atoms with van der Waals surface area (Å²) in [6, 6.07) is 0. The van der Waals surface area contributed by atoms with Crippen molar-refractivity contribution < 1.29 is 19.4 Å². The molecule has 1 aliphatic rings. The van der Waals surface area contributed by atoms with Crippen molar-refractivity contribution in [2.24, 2.45) is 17.3 Å². The SMILES string of the molecule is CCCCC(C)(C)C(=O)/C=C/[C@@H]1COC[C@@H]1C/C=C\CCCC(=O)O. The third-order valence-corrected chi connectivity index (χ3v) is 4.93. The number of carbonyl (C=O) groups is 2. The molecule has 1 aliphatic heterocycles. The lowest BCUT2D eigenvalue weighted by Gasteiger charge is -2.21. The highest BCUT2D eigenvalue weighted by molar-refractivity contribution is 5.94. The molecule has 0 spiro atoms. The van der Waals surface area contributed by atoms with Gasteiger partial charge in [0, 0.05) is 17.8 Å². The molecule has 1 N–H and O–H groups in total. The number of ketones is 1. The van der Waals surface area contributed by atoms with Gasteiger partial charge in [0.05, 0.1) is 13.2 Å². The fourth-order valence-corrected chi connectivity index (χ4v) is 3.01. The molecule has 0 aromatic carbocycles. The van der Waals surface area contributed by atoms with Crippen molar-refractivity contribution in [1.29, 1.82) is 0 Å². The van der Waals surface area contributed by atoms with Crippen molar-refractivity contribution in [3.05, 3.63) is 24.3 Å². The van der Waals surface area contributed by atoms with E-state index < -0.39 is 5.97 Å². The standard InChI is InChI=1S/C21H34O4/c1-4-5-14-21(2,3)19(22)13-12-18-16-25-15-17(18)10-8-6-7-9-11-20(23)24/h6,8,12-13,17-18H,4-5,7,9-11,14-16H2,1-3H3,(H,23,24)/b8-6-,13-12+/t17-,18+/m0/s1. The number of ether oxygens (including phenoxy) is 1. The van der Waals surface area contributed by atoms with E-state index >= 15 is 0 Å². The lowest BCUT2D eigenvalue weighted by atomic mass is 9.82. The molecule has 0 aromatic heterocycles. The Hall–Kier alpha value is -1.42. The second kappa shape index (κ2) is 11.2. The number of carbonyl (C=O) groups excluding carboxylic acids is 1. The lowest BCUT2D eigenvalue weighted by Crippen LogP contribution is -2.22. The zero-order chi connectivity index (χ0) is 18.7. The number of carboxylic acid groups (broad SMARTS) is 1. The van der Waals surface area contributed by atoms with Crippen LogP contribution < -0.4 is 0 Å². The molecule has 4 heteroatoms. The molecule has 4 nitrogen and oxygen atoms in total. The first kappa shape index (κ1) is 21.6. The topological polar surface area (TPSA) is 63.6 Å². The van der Waals surface area contributed by atoms with E-state index in [1.807, 2.05) is 19.9 Å². The van der Waals surface area contributed by atoms with Crippen LogP contribution in [0.4, 0.5) is 0 Å². The van der Waals surface area contributed by atoms with Gasteiger partial charge in [-0.3, -0.25) is 9.59 Å². The number of unbranched alkanes of at least 4 members (excludes halogenated alkanes) is 2. The summed E-state index contributed by atoms with van der Waals surface area (Å²) in [5.41, 5.74) is -0.286. The van der Waals surface area contributed by atoms with Gasteiger partial charge in [0.25, 0.3) is 0 Å². The van der Waals surface area contributed by atoms with E-state index in [2.05, 4.69) is 19.1 Å². The highest BCUT2D eigenvalue weighted by Crippen LogP contribution is 2.28. The highest BCUT2D eigenvalue weighted by Gasteiger charge is 2.27. The largest absolute Gasteiger partial charge is 0.481 e. The Kier molecular flexibility index (Phi) is 9.73. The maximum atomic E-state index is 12.4. The monoisotopic (exact) mass is 350 g/mol. The first-order valence-electron chi connectivity index (χ1n) is 9.54. The molecule has 142 valence electrons. The van der Waals surface area contributed by atoms with Crippen LogP contribution in [-0.2, 0) is 14.3 Å². The van der Waals surface area contributed by atoms with E-state index in [0.29, 0.717) is 18.9 Å². The van der Waals surface area contributed by atoms with E-state index in [0.717, 1.165) is 38.7 Å². The van der Waals surface area contributed by atoms with Crippen molar-refractivity contribution in [2.45, 2.75) is 65.7 Å². The predicted molar refractivity (Wildman–Crippen MR) is 100 cm³/mol. The maximum absolute atomic E-state index is 12.4. The van der Waals surface area contributed by atoms with Crippen LogP contribution in [0.25, 0.3) is 0 Å². The summed E-state index contributed by atoms with van der Waals surface area (Å²) in [4.78, 5) is 22.9. The van der Waals surface area contributed by atoms with Crippen LogP contribution in [0.5, 0.6) is 0 Å². The molecule has 0 amide bonds. The summed E-state index contributed by atoms with van der Waals surface area (Å²) in [5, 5.41) is 8.61. The quantitative estimate of drug-likeness (QED) is 0.312. The summed E-state index contributed by atoms with van der Waals surface area (Å²) in [5.74, 6) is 0.151.